The topological polar surface area (TPSA) is 39.9 Å². The average molecular weight is 272 g/mol. The van der Waals surface area contributed by atoms with E-state index in [1.165, 1.54) is 0 Å². The highest BCUT2D eigenvalue weighted by molar-refractivity contribution is 6.31. The van der Waals surface area contributed by atoms with E-state index >= 15 is 0 Å². The summed E-state index contributed by atoms with van der Waals surface area (Å²) in [4.78, 5) is 8.81. The lowest BCUT2D eigenvalue weighted by Gasteiger charge is -2.12. The van der Waals surface area contributed by atoms with Gasteiger partial charge >= 0.3 is 0 Å². The predicted octanol–water partition coefficient (Wildman–Crippen LogP) is 2.78. The van der Waals surface area contributed by atoms with Crippen LogP contribution in [-0.2, 0) is 10.6 Å². The number of alkyl halides is 1. The molecular weight excluding hydrogens is 261 g/mol. The third-order valence-electron chi connectivity index (χ3n) is 2.96. The van der Waals surface area contributed by atoms with E-state index in [2.05, 4.69) is 14.5 Å². The number of halogens is 2. The van der Waals surface area contributed by atoms with E-state index in [4.69, 9.17) is 27.9 Å². The maximum Gasteiger partial charge on any atom is 0.160 e. The van der Waals surface area contributed by atoms with Crippen molar-refractivity contribution in [1.82, 2.24) is 14.5 Å². The Bertz CT molecular complexity index is 549. The number of nitrogens with zero attached hydrogens (tertiary/aromatic N) is 3. The van der Waals surface area contributed by atoms with Crippen LogP contribution in [0.25, 0.3) is 11.2 Å². The highest BCUT2D eigenvalue weighted by Crippen LogP contribution is 2.27. The molecule has 0 N–H and O–H groups in total. The summed E-state index contributed by atoms with van der Waals surface area (Å²) >= 11 is 11.9. The number of ether oxygens (including phenoxy) is 1. The largest absolute Gasteiger partial charge is 0.379 e. The molecule has 3 heterocycles. The number of hydrogen-bond donors (Lipinski definition) is 0. The molecule has 1 fully saturated rings. The van der Waals surface area contributed by atoms with Gasteiger partial charge < -0.3 is 9.30 Å². The van der Waals surface area contributed by atoms with Gasteiger partial charge in [0.25, 0.3) is 0 Å². The molecule has 17 heavy (non-hydrogen) atoms. The number of pyridine rings is 1. The maximum atomic E-state index is 5.94. The third kappa shape index (κ3) is 1.90. The smallest absolute Gasteiger partial charge is 0.160 e. The van der Waals surface area contributed by atoms with Crippen LogP contribution in [0.3, 0.4) is 0 Å². The summed E-state index contributed by atoms with van der Waals surface area (Å²) in [5.41, 5.74) is 1.63. The second-order valence-electron chi connectivity index (χ2n) is 4.05. The van der Waals surface area contributed by atoms with E-state index in [0.717, 1.165) is 30.0 Å². The van der Waals surface area contributed by atoms with Crippen LogP contribution < -0.4 is 0 Å². The van der Waals surface area contributed by atoms with Crippen molar-refractivity contribution in [3.63, 3.8) is 0 Å². The van der Waals surface area contributed by atoms with Gasteiger partial charge in [0.05, 0.1) is 23.6 Å². The maximum absolute atomic E-state index is 5.94. The first-order valence-electron chi connectivity index (χ1n) is 5.45. The molecule has 1 saturated heterocycles. The molecule has 1 aliphatic heterocycles. The Balaban J connectivity index is 2.19. The molecule has 0 amide bonds. The Morgan fingerprint density at radius 1 is 1.53 bits per heavy atom. The van der Waals surface area contributed by atoms with Crippen LogP contribution in [0, 0.1) is 0 Å². The van der Waals surface area contributed by atoms with Gasteiger partial charge in [0.1, 0.15) is 11.3 Å². The standard InChI is InChI=1S/C11H11Cl2N3O/c12-4-10-15-9-3-7(13)5-14-11(9)16(10)8-1-2-17-6-8/h3,5,8H,1-2,4,6H2. The molecule has 0 spiro atoms. The SMILES string of the molecule is ClCc1nc2cc(Cl)cnc2n1C1CCOC1. The minimum Gasteiger partial charge on any atom is -0.379 e. The number of imidazole rings is 1. The summed E-state index contributed by atoms with van der Waals surface area (Å²) < 4.78 is 7.48. The third-order valence-corrected chi connectivity index (χ3v) is 3.41. The van der Waals surface area contributed by atoms with Crippen LogP contribution in [-0.4, -0.2) is 27.7 Å². The quantitative estimate of drug-likeness (QED) is 0.789. The zero-order chi connectivity index (χ0) is 11.8. The van der Waals surface area contributed by atoms with Gasteiger partial charge in [0.15, 0.2) is 5.65 Å². The van der Waals surface area contributed by atoms with Gasteiger partial charge in [-0.3, -0.25) is 0 Å². The number of hydrogen-bond acceptors (Lipinski definition) is 3. The summed E-state index contributed by atoms with van der Waals surface area (Å²) in [7, 11) is 0. The lowest BCUT2D eigenvalue weighted by molar-refractivity contribution is 0.186. The van der Waals surface area contributed by atoms with Crippen LogP contribution in [0.1, 0.15) is 18.3 Å². The molecular formula is C11H11Cl2N3O. The first-order valence-corrected chi connectivity index (χ1v) is 6.37. The summed E-state index contributed by atoms with van der Waals surface area (Å²) in [6.07, 6.45) is 2.61. The molecule has 0 aliphatic carbocycles. The minimum absolute atomic E-state index is 0.280. The van der Waals surface area contributed by atoms with Crippen LogP contribution in [0.15, 0.2) is 12.3 Å². The fraction of sp³-hybridized carbons (Fsp3) is 0.455. The molecule has 90 valence electrons. The number of fused-ring (bicyclic) bond motifs is 1. The van der Waals surface area contributed by atoms with E-state index in [9.17, 15) is 0 Å². The first kappa shape index (κ1) is 11.3. The van der Waals surface area contributed by atoms with Crippen molar-refractivity contribution in [2.75, 3.05) is 13.2 Å². The molecule has 1 aliphatic rings. The van der Waals surface area contributed by atoms with E-state index in [1.807, 2.05) is 6.07 Å². The average Bonchev–Trinajstić information content (AvgIpc) is 2.93. The second-order valence-corrected chi connectivity index (χ2v) is 4.75. The van der Waals surface area contributed by atoms with E-state index in [1.54, 1.807) is 6.20 Å². The fourth-order valence-corrected chi connectivity index (χ4v) is 2.55. The van der Waals surface area contributed by atoms with Crippen LogP contribution >= 0.6 is 23.2 Å². The summed E-state index contributed by atoms with van der Waals surface area (Å²) in [5.74, 6) is 1.19. The molecule has 0 radical (unpaired) electrons. The van der Waals surface area contributed by atoms with Crippen LogP contribution in [0.5, 0.6) is 0 Å². The molecule has 6 heteroatoms. The summed E-state index contributed by atoms with van der Waals surface area (Å²) in [6.45, 7) is 1.47. The van der Waals surface area contributed by atoms with Gasteiger partial charge in [-0.15, -0.1) is 11.6 Å². The van der Waals surface area contributed by atoms with Crippen molar-refractivity contribution < 1.29 is 4.74 Å². The molecule has 0 saturated carbocycles. The monoisotopic (exact) mass is 271 g/mol. The Kier molecular flexibility index (Phi) is 2.94. The molecule has 2 aromatic rings. The van der Waals surface area contributed by atoms with Gasteiger partial charge in [-0.1, -0.05) is 11.6 Å². The highest BCUT2D eigenvalue weighted by Gasteiger charge is 2.23. The number of aromatic nitrogens is 3. The number of rotatable bonds is 2. The Hall–Kier alpha value is -0.840. The van der Waals surface area contributed by atoms with Crippen LogP contribution in [0.4, 0.5) is 0 Å². The van der Waals surface area contributed by atoms with Crippen molar-refractivity contribution in [3.8, 4) is 0 Å². The highest BCUT2D eigenvalue weighted by atomic mass is 35.5. The lowest BCUT2D eigenvalue weighted by Crippen LogP contribution is -2.12. The predicted molar refractivity (Wildman–Crippen MR) is 66.6 cm³/mol. The normalized spacial score (nSPS) is 20.2. The van der Waals surface area contributed by atoms with E-state index in [-0.39, 0.29) is 6.04 Å². The van der Waals surface area contributed by atoms with Crippen LogP contribution in [0.2, 0.25) is 5.02 Å². The molecule has 4 nitrogen and oxygen atoms in total. The summed E-state index contributed by atoms with van der Waals surface area (Å²) in [5, 5.41) is 0.589. The molecule has 0 bridgehead atoms. The van der Waals surface area contributed by atoms with Crippen molar-refractivity contribution in [1.29, 1.82) is 0 Å². The van der Waals surface area contributed by atoms with Gasteiger partial charge in [-0.05, 0) is 12.5 Å². The van der Waals surface area contributed by atoms with Crippen molar-refractivity contribution in [2.45, 2.75) is 18.3 Å². The zero-order valence-corrected chi connectivity index (χ0v) is 10.6. The lowest BCUT2D eigenvalue weighted by atomic mass is 10.2. The van der Waals surface area contributed by atoms with Gasteiger partial charge in [-0.2, -0.15) is 0 Å². The fourth-order valence-electron chi connectivity index (χ4n) is 2.21. The van der Waals surface area contributed by atoms with Gasteiger partial charge in [0, 0.05) is 12.8 Å². The second kappa shape index (κ2) is 4.44. The molecule has 2 aromatic heterocycles. The molecule has 0 aromatic carbocycles. The molecule has 1 unspecified atom stereocenters. The Labute approximate surface area is 109 Å². The first-order chi connectivity index (χ1) is 8.29. The van der Waals surface area contributed by atoms with E-state index in [0.29, 0.717) is 17.5 Å². The van der Waals surface area contributed by atoms with Crippen molar-refractivity contribution in [3.05, 3.63) is 23.1 Å². The van der Waals surface area contributed by atoms with Crippen molar-refractivity contribution in [2.24, 2.45) is 0 Å². The minimum atomic E-state index is 0.280. The van der Waals surface area contributed by atoms with Gasteiger partial charge in [0.2, 0.25) is 0 Å². The van der Waals surface area contributed by atoms with Gasteiger partial charge in [-0.25, -0.2) is 9.97 Å². The summed E-state index contributed by atoms with van der Waals surface area (Å²) in [6, 6.07) is 2.09. The Morgan fingerprint density at radius 2 is 2.41 bits per heavy atom. The zero-order valence-electron chi connectivity index (χ0n) is 9.07. The van der Waals surface area contributed by atoms with Crippen molar-refractivity contribution >= 4 is 34.4 Å². The van der Waals surface area contributed by atoms with E-state index < -0.39 is 0 Å². The molecule has 1 atom stereocenters. The molecule has 3 rings (SSSR count). The Morgan fingerprint density at radius 3 is 3.12 bits per heavy atom.